The first-order chi connectivity index (χ1) is 16.5. The van der Waals surface area contributed by atoms with Crippen molar-refractivity contribution in [2.45, 2.75) is 90.8 Å². The fourth-order valence-corrected chi connectivity index (χ4v) is 8.01. The molecule has 0 aromatic carbocycles. The van der Waals surface area contributed by atoms with Gasteiger partial charge in [0.1, 0.15) is 0 Å². The van der Waals surface area contributed by atoms with Crippen LogP contribution >= 0.6 is 0 Å². The Hall–Kier alpha value is -2.22. The summed E-state index contributed by atoms with van der Waals surface area (Å²) in [5.41, 5.74) is -1.50. The summed E-state index contributed by atoms with van der Waals surface area (Å²) >= 11 is 0. The summed E-state index contributed by atoms with van der Waals surface area (Å²) in [5, 5.41) is 11.6. The zero-order valence-corrected chi connectivity index (χ0v) is 21.3. The van der Waals surface area contributed by atoms with Crippen molar-refractivity contribution in [3.8, 4) is 0 Å². The van der Waals surface area contributed by atoms with Crippen LogP contribution in [-0.4, -0.2) is 53.7 Å². The second kappa shape index (κ2) is 9.34. The number of Topliss-reactive ketones (excluding diaryl/α,β-unsaturated/α-hetero) is 1. The lowest BCUT2D eigenvalue weighted by molar-refractivity contribution is -0.188. The topological polar surface area (TPSA) is 116 Å². The molecule has 0 aromatic heterocycles. The number of ketones is 2. The van der Waals surface area contributed by atoms with Gasteiger partial charge < -0.3 is 19.3 Å². The Kier molecular flexibility index (Phi) is 6.90. The first-order valence-electron chi connectivity index (χ1n) is 13.0. The first kappa shape index (κ1) is 25.9. The SMILES string of the molecule is CCOC(=O)O[C@]1(C(=O)COC(=O)CC)CC[C@H]2[C@@H]3CCC4=CC(=O)CC[C@]4(C)[C@H]3[C@@H](O)C[C@@]21C. The molecule has 4 aliphatic carbocycles. The van der Waals surface area contributed by atoms with Crippen LogP contribution in [0.1, 0.15) is 79.1 Å². The van der Waals surface area contributed by atoms with Gasteiger partial charge in [-0.2, -0.15) is 0 Å². The van der Waals surface area contributed by atoms with Gasteiger partial charge in [0, 0.05) is 18.3 Å². The van der Waals surface area contributed by atoms with E-state index in [1.54, 1.807) is 19.9 Å². The third kappa shape index (κ3) is 4.02. The second-order valence-corrected chi connectivity index (χ2v) is 11.2. The third-order valence-electron chi connectivity index (χ3n) is 9.64. The highest BCUT2D eigenvalue weighted by atomic mass is 16.7. The molecule has 8 nitrogen and oxygen atoms in total. The molecule has 0 heterocycles. The number of aliphatic hydroxyl groups is 1. The summed E-state index contributed by atoms with van der Waals surface area (Å²) in [6.07, 6.45) is 4.31. The lowest BCUT2D eigenvalue weighted by atomic mass is 9.45. The Bertz CT molecular complexity index is 939. The van der Waals surface area contributed by atoms with Gasteiger partial charge in [-0.3, -0.25) is 14.4 Å². The lowest BCUT2D eigenvalue weighted by Crippen LogP contribution is -2.63. The van der Waals surface area contributed by atoms with Crippen LogP contribution in [0, 0.1) is 28.6 Å². The summed E-state index contributed by atoms with van der Waals surface area (Å²) in [6.45, 7) is 7.03. The van der Waals surface area contributed by atoms with E-state index < -0.39 is 41.6 Å². The predicted molar refractivity (Wildman–Crippen MR) is 125 cm³/mol. The number of hydrogen-bond donors (Lipinski definition) is 1. The quantitative estimate of drug-likeness (QED) is 0.557. The van der Waals surface area contributed by atoms with E-state index in [2.05, 4.69) is 6.92 Å². The maximum absolute atomic E-state index is 13.6. The molecule has 0 radical (unpaired) electrons. The monoisotopic (exact) mass is 490 g/mol. The Morgan fingerprint density at radius 2 is 1.83 bits per heavy atom. The summed E-state index contributed by atoms with van der Waals surface area (Å²) < 4.78 is 16.1. The van der Waals surface area contributed by atoms with Crippen molar-refractivity contribution in [1.29, 1.82) is 0 Å². The minimum absolute atomic E-state index is 0.0277. The fourth-order valence-electron chi connectivity index (χ4n) is 8.01. The van der Waals surface area contributed by atoms with Crippen LogP contribution in [0.5, 0.6) is 0 Å². The molecule has 8 heteroatoms. The molecule has 7 atom stereocenters. The molecule has 0 unspecified atom stereocenters. The highest BCUT2D eigenvalue weighted by Gasteiger charge is 2.70. The van der Waals surface area contributed by atoms with Gasteiger partial charge in [-0.25, -0.2) is 4.79 Å². The molecule has 0 spiro atoms. The van der Waals surface area contributed by atoms with E-state index in [0.29, 0.717) is 19.3 Å². The van der Waals surface area contributed by atoms with E-state index in [-0.39, 0.29) is 48.4 Å². The number of carbonyl (C=O) groups is 4. The van der Waals surface area contributed by atoms with Crippen molar-refractivity contribution >= 4 is 23.7 Å². The summed E-state index contributed by atoms with van der Waals surface area (Å²) in [4.78, 5) is 50.1. The molecule has 0 aromatic rings. The van der Waals surface area contributed by atoms with E-state index >= 15 is 0 Å². The van der Waals surface area contributed by atoms with Crippen molar-refractivity contribution in [1.82, 2.24) is 0 Å². The Labute approximate surface area is 206 Å². The predicted octanol–water partition coefficient (Wildman–Crippen LogP) is 3.92. The molecular formula is C27H38O8. The van der Waals surface area contributed by atoms with Gasteiger partial charge in [0.05, 0.1) is 12.7 Å². The largest absolute Gasteiger partial charge is 0.509 e. The lowest BCUT2D eigenvalue weighted by Gasteiger charge is -2.60. The van der Waals surface area contributed by atoms with Crippen LogP contribution in [-0.2, 0) is 28.6 Å². The molecule has 194 valence electrons. The summed E-state index contributed by atoms with van der Waals surface area (Å²) in [7, 11) is 0. The Balaban J connectivity index is 1.70. The van der Waals surface area contributed by atoms with Crippen molar-refractivity contribution in [3.63, 3.8) is 0 Å². The summed E-state index contributed by atoms with van der Waals surface area (Å²) in [6, 6.07) is 0. The van der Waals surface area contributed by atoms with Crippen LogP contribution in [0.2, 0.25) is 0 Å². The number of carbonyl (C=O) groups excluding carboxylic acids is 4. The third-order valence-corrected chi connectivity index (χ3v) is 9.64. The van der Waals surface area contributed by atoms with Crippen LogP contribution < -0.4 is 0 Å². The molecule has 0 bridgehead atoms. The standard InChI is InChI=1S/C27H38O8/c1-5-22(31)34-15-21(30)27(35-24(32)33-6-2)12-10-19-18-8-7-16-13-17(28)9-11-25(16,3)23(18)20(29)14-26(19,27)4/h13,18-20,23,29H,5-12,14-15H2,1-4H3/t18-,19-,20-,23+,25-,26-,27-/m0/s1. The molecule has 3 saturated carbocycles. The van der Waals surface area contributed by atoms with Crippen LogP contribution in [0.15, 0.2) is 11.6 Å². The van der Waals surface area contributed by atoms with Gasteiger partial charge in [0.2, 0.25) is 5.78 Å². The number of allylic oxidation sites excluding steroid dienone is 1. The van der Waals surface area contributed by atoms with Crippen molar-refractivity contribution < 1.29 is 38.5 Å². The van der Waals surface area contributed by atoms with Crippen LogP contribution in [0.25, 0.3) is 0 Å². The molecule has 4 aliphatic rings. The van der Waals surface area contributed by atoms with Gasteiger partial charge >= 0.3 is 12.1 Å². The molecule has 0 aliphatic heterocycles. The van der Waals surface area contributed by atoms with Gasteiger partial charge in [-0.15, -0.1) is 0 Å². The first-order valence-corrected chi connectivity index (χ1v) is 13.0. The molecular weight excluding hydrogens is 452 g/mol. The number of ether oxygens (including phenoxy) is 3. The van der Waals surface area contributed by atoms with Crippen LogP contribution in [0.4, 0.5) is 4.79 Å². The number of hydrogen-bond acceptors (Lipinski definition) is 8. The molecule has 0 saturated heterocycles. The fraction of sp³-hybridized carbons (Fsp3) is 0.778. The minimum atomic E-state index is -1.54. The zero-order chi connectivity index (χ0) is 25.6. The van der Waals surface area contributed by atoms with Gasteiger partial charge in [0.25, 0.3) is 0 Å². The number of esters is 1. The van der Waals surface area contributed by atoms with Gasteiger partial charge in [-0.05, 0) is 74.7 Å². The minimum Gasteiger partial charge on any atom is -0.457 e. The molecule has 1 N–H and O–H groups in total. The maximum atomic E-state index is 13.6. The van der Waals surface area contributed by atoms with Gasteiger partial charge in [-0.1, -0.05) is 26.3 Å². The Morgan fingerprint density at radius 3 is 2.51 bits per heavy atom. The Morgan fingerprint density at radius 1 is 1.09 bits per heavy atom. The second-order valence-electron chi connectivity index (χ2n) is 11.2. The van der Waals surface area contributed by atoms with E-state index in [9.17, 15) is 24.3 Å². The van der Waals surface area contributed by atoms with E-state index in [4.69, 9.17) is 14.2 Å². The average Bonchev–Trinajstić information content (AvgIpc) is 3.09. The van der Waals surface area contributed by atoms with Crippen molar-refractivity contribution in [2.24, 2.45) is 28.6 Å². The van der Waals surface area contributed by atoms with Crippen LogP contribution in [0.3, 0.4) is 0 Å². The number of rotatable bonds is 6. The normalized spacial score (nSPS) is 40.0. The number of fused-ring (bicyclic) bond motifs is 5. The van der Waals surface area contributed by atoms with Gasteiger partial charge in [0.15, 0.2) is 18.0 Å². The molecule has 0 amide bonds. The smallest absolute Gasteiger partial charge is 0.457 e. The highest BCUT2D eigenvalue weighted by molar-refractivity contribution is 5.93. The average molecular weight is 491 g/mol. The highest BCUT2D eigenvalue weighted by Crippen LogP contribution is 2.68. The molecule has 4 rings (SSSR count). The van der Waals surface area contributed by atoms with E-state index in [1.165, 1.54) is 0 Å². The van der Waals surface area contributed by atoms with E-state index in [1.807, 2.05) is 6.92 Å². The maximum Gasteiger partial charge on any atom is 0.509 e. The molecule has 35 heavy (non-hydrogen) atoms. The zero-order valence-electron chi connectivity index (χ0n) is 21.3. The van der Waals surface area contributed by atoms with Crippen molar-refractivity contribution in [3.05, 3.63) is 11.6 Å². The van der Waals surface area contributed by atoms with Crippen molar-refractivity contribution in [2.75, 3.05) is 13.2 Å². The van der Waals surface area contributed by atoms with E-state index in [0.717, 1.165) is 24.8 Å². The number of aliphatic hydroxyl groups excluding tert-OH is 1. The summed E-state index contributed by atoms with van der Waals surface area (Å²) in [5.74, 6) is -0.681. The molecule has 3 fully saturated rings.